The number of nitrogens with one attached hydrogen (secondary N) is 1. The minimum Gasteiger partial charge on any atom is -0.387 e. The first-order chi connectivity index (χ1) is 4.33. The summed E-state index contributed by atoms with van der Waals surface area (Å²) in [5, 5.41) is 3.01. The first kappa shape index (κ1) is 6.14. The summed E-state index contributed by atoms with van der Waals surface area (Å²) in [6.07, 6.45) is 3.63. The van der Waals surface area contributed by atoms with E-state index in [1.807, 2.05) is 27.2 Å². The Morgan fingerprint density at radius 2 is 2.33 bits per heavy atom. The molecule has 0 aromatic carbocycles. The number of nitrogens with zero attached hydrogens (tertiary/aromatic N) is 1. The Balaban J connectivity index is 2.94. The lowest BCUT2D eigenvalue weighted by Crippen LogP contribution is -2.03. The molecule has 0 aliphatic carbocycles. The van der Waals surface area contributed by atoms with Gasteiger partial charge < -0.3 is 5.32 Å². The fourth-order valence-corrected chi connectivity index (χ4v) is 0.692. The highest BCUT2D eigenvalue weighted by atomic mass is 14.8. The molecule has 46 valence electrons. The summed E-state index contributed by atoms with van der Waals surface area (Å²) in [6, 6.07) is 2.05. The summed E-state index contributed by atoms with van der Waals surface area (Å²) in [5.74, 6) is 0. The van der Waals surface area contributed by atoms with Crippen molar-refractivity contribution in [3.63, 3.8) is 0 Å². The molecule has 0 fully saturated rings. The number of anilines is 1. The Morgan fingerprint density at radius 3 is 2.78 bits per heavy atom. The van der Waals surface area contributed by atoms with E-state index in [4.69, 9.17) is 0 Å². The van der Waals surface area contributed by atoms with Crippen LogP contribution in [0.5, 0.6) is 0 Å². The second-order valence-electron chi connectivity index (χ2n) is 2.00. The van der Waals surface area contributed by atoms with Crippen LogP contribution >= 0.6 is 0 Å². The summed E-state index contributed by atoms with van der Waals surface area (Å²) >= 11 is 0. The van der Waals surface area contributed by atoms with Crippen molar-refractivity contribution in [2.45, 2.75) is 0 Å². The normalized spacial score (nSPS) is 9.00. The highest BCUT2D eigenvalue weighted by Gasteiger charge is 1.86. The van der Waals surface area contributed by atoms with Gasteiger partial charge in [-0.1, -0.05) is 5.46 Å². The fourth-order valence-electron chi connectivity index (χ4n) is 0.692. The van der Waals surface area contributed by atoms with Crippen LogP contribution in [0.3, 0.4) is 0 Å². The van der Waals surface area contributed by atoms with Gasteiger partial charge in [0, 0.05) is 19.4 Å². The van der Waals surface area contributed by atoms with Gasteiger partial charge in [0.2, 0.25) is 0 Å². The van der Waals surface area contributed by atoms with E-state index in [9.17, 15) is 0 Å². The van der Waals surface area contributed by atoms with Gasteiger partial charge in [-0.2, -0.15) is 0 Å². The number of hydrogen-bond acceptors (Lipinski definition) is 2. The average Bonchev–Trinajstić information content (AvgIpc) is 1.88. The van der Waals surface area contributed by atoms with Crippen molar-refractivity contribution in [2.24, 2.45) is 0 Å². The smallest absolute Gasteiger partial charge is 0.141 e. The fraction of sp³-hybridized carbons (Fsp3) is 0.167. The van der Waals surface area contributed by atoms with Gasteiger partial charge in [-0.25, -0.2) is 0 Å². The van der Waals surface area contributed by atoms with Crippen LogP contribution in [0.2, 0.25) is 0 Å². The number of pyridine rings is 1. The van der Waals surface area contributed by atoms with Crippen LogP contribution in [-0.4, -0.2) is 19.9 Å². The second kappa shape index (κ2) is 2.53. The van der Waals surface area contributed by atoms with Crippen LogP contribution in [0.25, 0.3) is 0 Å². The topological polar surface area (TPSA) is 24.9 Å². The van der Waals surface area contributed by atoms with Crippen LogP contribution in [0.4, 0.5) is 5.69 Å². The third kappa shape index (κ3) is 1.45. The van der Waals surface area contributed by atoms with Gasteiger partial charge in [-0.15, -0.1) is 0 Å². The molecule has 1 N–H and O–H groups in total. The molecule has 0 saturated heterocycles. The first-order valence-corrected chi connectivity index (χ1v) is 2.92. The van der Waals surface area contributed by atoms with Crippen molar-refractivity contribution in [3.05, 3.63) is 18.5 Å². The number of aromatic nitrogens is 1. The molecule has 9 heavy (non-hydrogen) atoms. The molecule has 3 heteroatoms. The van der Waals surface area contributed by atoms with Crippen molar-refractivity contribution in [3.8, 4) is 0 Å². The molecule has 0 bridgehead atoms. The molecule has 2 nitrogen and oxygen atoms in total. The third-order valence-electron chi connectivity index (χ3n) is 1.16. The van der Waals surface area contributed by atoms with E-state index in [1.54, 1.807) is 6.20 Å². The molecule has 0 radical (unpaired) electrons. The summed E-state index contributed by atoms with van der Waals surface area (Å²) < 4.78 is 0. The highest BCUT2D eigenvalue weighted by Crippen LogP contribution is 1.96. The molecule has 0 unspecified atom stereocenters. The van der Waals surface area contributed by atoms with Gasteiger partial charge in [0.05, 0.1) is 5.69 Å². The standard InChI is InChI=1S/C6H9BN2/c1-8-6-2-5(7)3-9-4-6/h2-4,8H,7H2,1H3. The molecule has 0 atom stereocenters. The van der Waals surface area contributed by atoms with E-state index in [-0.39, 0.29) is 0 Å². The lowest BCUT2D eigenvalue weighted by molar-refractivity contribution is 1.33. The Hall–Kier alpha value is -0.985. The maximum atomic E-state index is 3.99. The highest BCUT2D eigenvalue weighted by molar-refractivity contribution is 6.32. The van der Waals surface area contributed by atoms with Gasteiger partial charge >= 0.3 is 0 Å². The van der Waals surface area contributed by atoms with Crippen LogP contribution < -0.4 is 10.8 Å². The Morgan fingerprint density at radius 1 is 1.56 bits per heavy atom. The molecule has 0 amide bonds. The molecule has 0 aliphatic rings. The van der Waals surface area contributed by atoms with Crippen molar-refractivity contribution in [1.82, 2.24) is 4.98 Å². The van der Waals surface area contributed by atoms with Crippen molar-refractivity contribution >= 4 is 19.0 Å². The zero-order valence-electron chi connectivity index (χ0n) is 5.68. The Bertz CT molecular complexity index is 200. The zero-order valence-corrected chi connectivity index (χ0v) is 5.68. The Labute approximate surface area is 55.7 Å². The molecule has 1 aromatic rings. The van der Waals surface area contributed by atoms with Crippen molar-refractivity contribution in [2.75, 3.05) is 12.4 Å². The molecule has 0 aliphatic heterocycles. The van der Waals surface area contributed by atoms with Gasteiger partial charge in [0.25, 0.3) is 0 Å². The van der Waals surface area contributed by atoms with Crippen LogP contribution in [0.1, 0.15) is 0 Å². The molecule has 1 heterocycles. The van der Waals surface area contributed by atoms with Gasteiger partial charge in [0.1, 0.15) is 7.85 Å². The van der Waals surface area contributed by atoms with Gasteiger partial charge in [-0.3, -0.25) is 4.98 Å². The third-order valence-corrected chi connectivity index (χ3v) is 1.16. The predicted molar refractivity (Wildman–Crippen MR) is 42.0 cm³/mol. The first-order valence-electron chi connectivity index (χ1n) is 2.92. The van der Waals surface area contributed by atoms with E-state index in [1.165, 1.54) is 5.46 Å². The lowest BCUT2D eigenvalue weighted by Gasteiger charge is -1.97. The second-order valence-corrected chi connectivity index (χ2v) is 2.00. The Kier molecular flexibility index (Phi) is 1.73. The quantitative estimate of drug-likeness (QED) is 0.499. The largest absolute Gasteiger partial charge is 0.387 e. The average molecular weight is 120 g/mol. The van der Waals surface area contributed by atoms with E-state index in [2.05, 4.69) is 10.3 Å². The number of hydrogen-bond donors (Lipinski definition) is 1. The van der Waals surface area contributed by atoms with Crippen LogP contribution in [0.15, 0.2) is 18.5 Å². The van der Waals surface area contributed by atoms with Gasteiger partial charge in [-0.05, 0) is 6.07 Å². The number of rotatable bonds is 1. The SMILES string of the molecule is Bc1cncc(NC)c1. The maximum Gasteiger partial charge on any atom is 0.141 e. The molecular weight excluding hydrogens is 111 g/mol. The van der Waals surface area contributed by atoms with E-state index in [0.29, 0.717) is 0 Å². The summed E-state index contributed by atoms with van der Waals surface area (Å²) in [4.78, 5) is 3.99. The summed E-state index contributed by atoms with van der Waals surface area (Å²) in [7, 11) is 3.91. The molecule has 1 rings (SSSR count). The zero-order chi connectivity index (χ0) is 6.69. The van der Waals surface area contributed by atoms with Crippen molar-refractivity contribution in [1.29, 1.82) is 0 Å². The lowest BCUT2D eigenvalue weighted by atomic mass is 9.99. The van der Waals surface area contributed by atoms with E-state index < -0.39 is 0 Å². The van der Waals surface area contributed by atoms with E-state index >= 15 is 0 Å². The molecule has 1 aromatic heterocycles. The predicted octanol–water partition coefficient (Wildman–Crippen LogP) is -0.618. The molecule has 0 saturated carbocycles. The van der Waals surface area contributed by atoms with Gasteiger partial charge in [0.15, 0.2) is 0 Å². The molecular formula is C6H9BN2. The van der Waals surface area contributed by atoms with Crippen molar-refractivity contribution < 1.29 is 0 Å². The maximum absolute atomic E-state index is 3.99. The minimum absolute atomic E-state index is 1.06. The summed E-state index contributed by atoms with van der Waals surface area (Å²) in [6.45, 7) is 0. The van der Waals surface area contributed by atoms with Crippen LogP contribution in [-0.2, 0) is 0 Å². The minimum atomic E-state index is 1.06. The van der Waals surface area contributed by atoms with Crippen LogP contribution in [0, 0.1) is 0 Å². The summed E-state index contributed by atoms with van der Waals surface area (Å²) in [5.41, 5.74) is 2.25. The van der Waals surface area contributed by atoms with E-state index in [0.717, 1.165) is 5.69 Å². The molecule has 0 spiro atoms. The monoisotopic (exact) mass is 120 g/mol.